The molecule has 2 aromatic carbocycles. The summed E-state index contributed by atoms with van der Waals surface area (Å²) in [5.41, 5.74) is 3.61. The van der Waals surface area contributed by atoms with Crippen LogP contribution in [0, 0.1) is 6.92 Å². The molecule has 0 saturated heterocycles. The molecule has 8 nitrogen and oxygen atoms in total. The van der Waals surface area contributed by atoms with Crippen molar-refractivity contribution >= 4 is 29.1 Å². The summed E-state index contributed by atoms with van der Waals surface area (Å²) in [6.45, 7) is 4.42. The first kappa shape index (κ1) is 25.7. The minimum absolute atomic E-state index is 0.0252. The number of carbonyl (C=O) groups excluding carboxylic acids is 2. The van der Waals surface area contributed by atoms with Gasteiger partial charge in [0.05, 0.1) is 12.5 Å². The van der Waals surface area contributed by atoms with Crippen molar-refractivity contribution in [2.24, 2.45) is 0 Å². The average molecular weight is 513 g/mol. The van der Waals surface area contributed by atoms with Gasteiger partial charge in [0.2, 0.25) is 5.91 Å². The lowest BCUT2D eigenvalue weighted by Gasteiger charge is -2.31. The summed E-state index contributed by atoms with van der Waals surface area (Å²) < 4.78 is 0. The lowest BCUT2D eigenvalue weighted by molar-refractivity contribution is -0.123. The van der Waals surface area contributed by atoms with E-state index in [0.29, 0.717) is 12.6 Å². The number of nitrogens with one attached hydrogen (secondary N) is 2. The SMILES string of the molecule is Cc1nc(NC2CCC(NC(=O)C(C)c3ccc(N4Cc5ccccc5C4=O)cc3)CC2)cc(N(C)C)n1. The van der Waals surface area contributed by atoms with Crippen molar-refractivity contribution in [1.29, 1.82) is 0 Å². The van der Waals surface area contributed by atoms with E-state index in [2.05, 4.69) is 20.6 Å². The van der Waals surface area contributed by atoms with Gasteiger partial charge in [0, 0.05) is 43.5 Å². The molecule has 198 valence electrons. The van der Waals surface area contributed by atoms with Crippen molar-refractivity contribution in [2.75, 3.05) is 29.2 Å². The molecule has 1 unspecified atom stereocenters. The minimum Gasteiger partial charge on any atom is -0.367 e. The van der Waals surface area contributed by atoms with Crippen LogP contribution >= 0.6 is 0 Å². The summed E-state index contributed by atoms with van der Waals surface area (Å²) in [5.74, 6) is 2.29. The van der Waals surface area contributed by atoms with E-state index in [-0.39, 0.29) is 23.8 Å². The summed E-state index contributed by atoms with van der Waals surface area (Å²) in [5, 5.41) is 6.82. The normalized spacial score (nSPS) is 19.6. The topological polar surface area (TPSA) is 90.5 Å². The predicted molar refractivity (Wildman–Crippen MR) is 151 cm³/mol. The van der Waals surface area contributed by atoms with Crippen molar-refractivity contribution < 1.29 is 9.59 Å². The maximum absolute atomic E-state index is 13.1. The molecule has 8 heteroatoms. The number of rotatable bonds is 7. The summed E-state index contributed by atoms with van der Waals surface area (Å²) in [7, 11) is 3.95. The van der Waals surface area contributed by atoms with Gasteiger partial charge in [0.1, 0.15) is 17.5 Å². The van der Waals surface area contributed by atoms with Crippen molar-refractivity contribution in [1.82, 2.24) is 15.3 Å². The summed E-state index contributed by atoms with van der Waals surface area (Å²) in [6, 6.07) is 18.0. The Morgan fingerprint density at radius 2 is 1.68 bits per heavy atom. The standard InChI is InChI=1S/C30H36N6O2/c1-19(21-9-15-25(16-10-21)36-18-22-7-5-6-8-26(22)30(36)38)29(37)34-24-13-11-23(12-14-24)33-27-17-28(35(3)4)32-20(2)31-27/h5-10,15-17,19,23-24H,11-14,18H2,1-4H3,(H,34,37)(H,31,32,33). The molecule has 2 aliphatic rings. The van der Waals surface area contributed by atoms with Crippen molar-refractivity contribution in [2.45, 2.75) is 64.1 Å². The number of hydrogen-bond donors (Lipinski definition) is 2. The lowest BCUT2D eigenvalue weighted by atomic mass is 9.90. The number of carbonyl (C=O) groups is 2. The molecule has 38 heavy (non-hydrogen) atoms. The third kappa shape index (κ3) is 5.49. The number of hydrogen-bond acceptors (Lipinski definition) is 6. The van der Waals surface area contributed by atoms with Gasteiger partial charge in [0.15, 0.2) is 0 Å². The van der Waals surface area contributed by atoms with Gasteiger partial charge in [-0.2, -0.15) is 0 Å². The van der Waals surface area contributed by atoms with Gasteiger partial charge < -0.3 is 20.4 Å². The van der Waals surface area contributed by atoms with E-state index in [0.717, 1.165) is 65.5 Å². The van der Waals surface area contributed by atoms with E-state index in [1.165, 1.54) is 0 Å². The Morgan fingerprint density at radius 3 is 2.37 bits per heavy atom. The van der Waals surface area contributed by atoms with Crippen LogP contribution in [0.15, 0.2) is 54.6 Å². The molecule has 5 rings (SSSR count). The molecule has 0 radical (unpaired) electrons. The first-order chi connectivity index (χ1) is 18.3. The zero-order valence-electron chi connectivity index (χ0n) is 22.6. The van der Waals surface area contributed by atoms with Gasteiger partial charge in [-0.1, -0.05) is 30.3 Å². The van der Waals surface area contributed by atoms with Crippen LogP contribution < -0.4 is 20.4 Å². The maximum Gasteiger partial charge on any atom is 0.258 e. The van der Waals surface area contributed by atoms with Crippen molar-refractivity contribution in [3.05, 3.63) is 77.1 Å². The molecule has 2 amide bonds. The zero-order chi connectivity index (χ0) is 26.8. The van der Waals surface area contributed by atoms with E-state index in [1.54, 1.807) is 4.90 Å². The Hall–Kier alpha value is -3.94. The highest BCUT2D eigenvalue weighted by atomic mass is 16.2. The van der Waals surface area contributed by atoms with E-state index in [1.807, 2.05) is 87.4 Å². The van der Waals surface area contributed by atoms with Gasteiger partial charge in [-0.25, -0.2) is 9.97 Å². The quantitative estimate of drug-likeness (QED) is 0.479. The number of fused-ring (bicyclic) bond motifs is 1. The van der Waals surface area contributed by atoms with E-state index in [4.69, 9.17) is 0 Å². The van der Waals surface area contributed by atoms with E-state index in [9.17, 15) is 9.59 Å². The molecular formula is C30H36N6O2. The first-order valence-corrected chi connectivity index (χ1v) is 13.4. The highest BCUT2D eigenvalue weighted by Gasteiger charge is 2.29. The number of aromatic nitrogens is 2. The predicted octanol–water partition coefficient (Wildman–Crippen LogP) is 4.65. The zero-order valence-corrected chi connectivity index (χ0v) is 22.6. The lowest BCUT2D eigenvalue weighted by Crippen LogP contribution is -2.41. The fourth-order valence-electron chi connectivity index (χ4n) is 5.33. The summed E-state index contributed by atoms with van der Waals surface area (Å²) >= 11 is 0. The Kier molecular flexibility index (Phi) is 7.31. The van der Waals surface area contributed by atoms with Crippen LogP contribution in [0.2, 0.25) is 0 Å². The Bertz CT molecular complexity index is 1310. The van der Waals surface area contributed by atoms with Gasteiger partial charge in [-0.15, -0.1) is 0 Å². The minimum atomic E-state index is -0.264. The highest BCUT2D eigenvalue weighted by molar-refractivity contribution is 6.10. The second-order valence-corrected chi connectivity index (χ2v) is 10.6. The number of benzene rings is 2. The molecule has 1 aliphatic heterocycles. The Morgan fingerprint density at radius 1 is 1.00 bits per heavy atom. The second-order valence-electron chi connectivity index (χ2n) is 10.6. The number of amides is 2. The summed E-state index contributed by atoms with van der Waals surface area (Å²) in [4.78, 5) is 38.6. The molecular weight excluding hydrogens is 476 g/mol. The van der Waals surface area contributed by atoms with Crippen molar-refractivity contribution in [3.63, 3.8) is 0 Å². The van der Waals surface area contributed by atoms with Crippen LogP contribution in [0.1, 0.15) is 65.8 Å². The molecule has 1 fully saturated rings. The maximum atomic E-state index is 13.1. The number of aryl methyl sites for hydroxylation is 1. The van der Waals surface area contributed by atoms with E-state index < -0.39 is 0 Å². The van der Waals surface area contributed by atoms with Crippen LogP contribution in [-0.4, -0.2) is 48.0 Å². The van der Waals surface area contributed by atoms with Gasteiger partial charge in [-0.05, 0) is 68.9 Å². The van der Waals surface area contributed by atoms with Crippen LogP contribution in [0.3, 0.4) is 0 Å². The third-order valence-electron chi connectivity index (χ3n) is 7.63. The smallest absolute Gasteiger partial charge is 0.258 e. The second kappa shape index (κ2) is 10.8. The molecule has 1 aliphatic carbocycles. The average Bonchev–Trinajstić information content (AvgIpc) is 3.25. The monoisotopic (exact) mass is 512 g/mol. The van der Waals surface area contributed by atoms with Crippen LogP contribution in [0.25, 0.3) is 0 Å². The Labute approximate surface area is 224 Å². The van der Waals surface area contributed by atoms with Gasteiger partial charge >= 0.3 is 0 Å². The Balaban J connectivity index is 1.12. The molecule has 2 N–H and O–H groups in total. The fourth-order valence-corrected chi connectivity index (χ4v) is 5.33. The van der Waals surface area contributed by atoms with Crippen molar-refractivity contribution in [3.8, 4) is 0 Å². The molecule has 3 aromatic rings. The molecule has 1 atom stereocenters. The highest BCUT2D eigenvalue weighted by Crippen LogP contribution is 2.30. The van der Waals surface area contributed by atoms with Crippen LogP contribution in [-0.2, 0) is 11.3 Å². The fraction of sp³-hybridized carbons (Fsp3) is 0.400. The van der Waals surface area contributed by atoms with Gasteiger partial charge in [0.25, 0.3) is 5.91 Å². The number of nitrogens with zero attached hydrogens (tertiary/aromatic N) is 4. The molecule has 0 spiro atoms. The molecule has 1 saturated carbocycles. The van der Waals surface area contributed by atoms with Crippen LogP contribution in [0.5, 0.6) is 0 Å². The largest absolute Gasteiger partial charge is 0.367 e. The van der Waals surface area contributed by atoms with Crippen LogP contribution in [0.4, 0.5) is 17.3 Å². The third-order valence-corrected chi connectivity index (χ3v) is 7.63. The molecule has 2 heterocycles. The summed E-state index contributed by atoms with van der Waals surface area (Å²) in [6.07, 6.45) is 3.80. The molecule has 0 bridgehead atoms. The number of anilines is 3. The van der Waals surface area contributed by atoms with E-state index >= 15 is 0 Å². The molecule has 1 aromatic heterocycles. The first-order valence-electron chi connectivity index (χ1n) is 13.4. The van der Waals surface area contributed by atoms with Gasteiger partial charge in [-0.3, -0.25) is 9.59 Å².